The number of hydrogen-bond acceptors (Lipinski definition) is 2. The SMILES string of the molecule is S=C1CCC23SC4CCCCC42CCN13. The summed E-state index contributed by atoms with van der Waals surface area (Å²) in [5, 5.41) is 0.983. The minimum absolute atomic E-state index is 0.495. The quantitative estimate of drug-likeness (QED) is 0.598. The Labute approximate surface area is 101 Å². The van der Waals surface area contributed by atoms with Crippen molar-refractivity contribution in [1.82, 2.24) is 4.90 Å². The Morgan fingerprint density at radius 2 is 2.20 bits per heavy atom. The van der Waals surface area contributed by atoms with Crippen LogP contribution in [0.15, 0.2) is 0 Å². The molecule has 3 heterocycles. The zero-order valence-electron chi connectivity index (χ0n) is 9.00. The van der Waals surface area contributed by atoms with Gasteiger partial charge in [-0.1, -0.05) is 25.1 Å². The Balaban J connectivity index is 1.77. The lowest BCUT2D eigenvalue weighted by Crippen LogP contribution is -2.63. The van der Waals surface area contributed by atoms with E-state index in [4.69, 9.17) is 12.2 Å². The zero-order valence-corrected chi connectivity index (χ0v) is 10.6. The van der Waals surface area contributed by atoms with E-state index in [1.165, 1.54) is 56.5 Å². The van der Waals surface area contributed by atoms with Gasteiger partial charge in [-0.3, -0.25) is 0 Å². The molecule has 4 fully saturated rings. The monoisotopic (exact) mass is 239 g/mol. The van der Waals surface area contributed by atoms with Crippen molar-refractivity contribution in [3.63, 3.8) is 0 Å². The molecular formula is C12H17NS2. The first-order valence-corrected chi connectivity index (χ1v) is 7.56. The summed E-state index contributed by atoms with van der Waals surface area (Å²) in [4.78, 5) is 4.37. The van der Waals surface area contributed by atoms with Crippen molar-refractivity contribution in [1.29, 1.82) is 0 Å². The van der Waals surface area contributed by atoms with Gasteiger partial charge in [0.25, 0.3) is 0 Å². The fourth-order valence-corrected chi connectivity index (χ4v) is 7.37. The first-order chi connectivity index (χ1) is 7.29. The molecule has 82 valence electrons. The molecule has 3 saturated heterocycles. The molecule has 1 nitrogen and oxygen atoms in total. The molecule has 4 rings (SSSR count). The fraction of sp³-hybridized carbons (Fsp3) is 0.917. The molecule has 0 aromatic heterocycles. The third kappa shape index (κ3) is 0.845. The van der Waals surface area contributed by atoms with E-state index in [1.54, 1.807) is 0 Å². The number of rotatable bonds is 0. The van der Waals surface area contributed by atoms with Crippen LogP contribution in [0, 0.1) is 5.41 Å². The Morgan fingerprint density at radius 1 is 1.27 bits per heavy atom. The molecule has 0 aromatic carbocycles. The van der Waals surface area contributed by atoms with Gasteiger partial charge in [0.1, 0.15) is 0 Å². The molecular weight excluding hydrogens is 222 g/mol. The topological polar surface area (TPSA) is 3.24 Å². The summed E-state index contributed by atoms with van der Waals surface area (Å²) in [6.45, 7) is 1.27. The number of thiocarbonyl (C=S) groups is 1. The van der Waals surface area contributed by atoms with Gasteiger partial charge in [0, 0.05) is 23.6 Å². The third-order valence-electron chi connectivity index (χ3n) is 5.27. The van der Waals surface area contributed by atoms with Crippen molar-refractivity contribution in [2.45, 2.75) is 55.1 Å². The van der Waals surface area contributed by atoms with Gasteiger partial charge < -0.3 is 4.90 Å². The van der Waals surface area contributed by atoms with Crippen LogP contribution in [0.25, 0.3) is 0 Å². The second-order valence-electron chi connectivity index (χ2n) is 5.59. The summed E-state index contributed by atoms with van der Waals surface area (Å²) in [6, 6.07) is 0. The summed E-state index contributed by atoms with van der Waals surface area (Å²) in [5.74, 6) is 0. The maximum atomic E-state index is 5.52. The molecule has 3 heteroatoms. The highest BCUT2D eigenvalue weighted by Gasteiger charge is 2.73. The lowest BCUT2D eigenvalue weighted by atomic mass is 9.66. The van der Waals surface area contributed by atoms with Gasteiger partial charge in [0.15, 0.2) is 0 Å². The van der Waals surface area contributed by atoms with E-state index < -0.39 is 0 Å². The third-order valence-corrected chi connectivity index (χ3v) is 7.88. The van der Waals surface area contributed by atoms with Crippen molar-refractivity contribution >= 4 is 29.0 Å². The zero-order chi connectivity index (χ0) is 10.1. The molecule has 4 aliphatic rings. The first kappa shape index (κ1) is 9.29. The Hall–Kier alpha value is 0.240. The molecule has 0 aromatic rings. The standard InChI is InChI=1S/C12H17NS2/c14-10-4-6-12-11(7-8-13(10)12)5-2-1-3-9(11)15-12/h9H,1-8H2. The van der Waals surface area contributed by atoms with Gasteiger partial charge in [-0.2, -0.15) is 0 Å². The van der Waals surface area contributed by atoms with E-state index >= 15 is 0 Å². The molecule has 1 saturated carbocycles. The van der Waals surface area contributed by atoms with Gasteiger partial charge in [0.2, 0.25) is 0 Å². The van der Waals surface area contributed by atoms with Crippen LogP contribution in [0.1, 0.15) is 44.9 Å². The average Bonchev–Trinajstić information content (AvgIpc) is 2.66. The van der Waals surface area contributed by atoms with E-state index in [0.717, 1.165) is 5.25 Å². The first-order valence-electron chi connectivity index (χ1n) is 6.27. The molecule has 3 unspecified atom stereocenters. The Kier molecular flexibility index (Phi) is 1.69. The fourth-order valence-electron chi connectivity index (χ4n) is 4.61. The largest absolute Gasteiger partial charge is 0.351 e. The van der Waals surface area contributed by atoms with E-state index in [0.29, 0.717) is 10.3 Å². The van der Waals surface area contributed by atoms with Crippen LogP contribution in [-0.4, -0.2) is 26.6 Å². The van der Waals surface area contributed by atoms with Crippen LogP contribution in [0.5, 0.6) is 0 Å². The maximum Gasteiger partial charge on any atom is 0.0938 e. The molecule has 0 radical (unpaired) electrons. The Morgan fingerprint density at radius 3 is 3.07 bits per heavy atom. The van der Waals surface area contributed by atoms with Crippen molar-refractivity contribution in [2.75, 3.05) is 6.54 Å². The minimum Gasteiger partial charge on any atom is -0.351 e. The summed E-state index contributed by atoms with van der Waals surface area (Å²) in [7, 11) is 0. The smallest absolute Gasteiger partial charge is 0.0938 e. The van der Waals surface area contributed by atoms with Crippen LogP contribution in [0.4, 0.5) is 0 Å². The van der Waals surface area contributed by atoms with Gasteiger partial charge >= 0.3 is 0 Å². The van der Waals surface area contributed by atoms with Gasteiger partial charge in [-0.05, 0) is 25.7 Å². The average molecular weight is 239 g/mol. The Bertz CT molecular complexity index is 343. The highest BCUT2D eigenvalue weighted by molar-refractivity contribution is 8.02. The van der Waals surface area contributed by atoms with Crippen LogP contribution in [-0.2, 0) is 0 Å². The van der Waals surface area contributed by atoms with Gasteiger partial charge in [-0.25, -0.2) is 0 Å². The predicted molar refractivity (Wildman–Crippen MR) is 68.2 cm³/mol. The van der Waals surface area contributed by atoms with E-state index in [1.807, 2.05) is 0 Å². The molecule has 1 aliphatic carbocycles. The molecule has 0 N–H and O–H groups in total. The molecule has 0 bridgehead atoms. The van der Waals surface area contributed by atoms with Crippen molar-refractivity contribution in [3.05, 3.63) is 0 Å². The highest BCUT2D eigenvalue weighted by Crippen LogP contribution is 2.75. The molecule has 2 spiro atoms. The minimum atomic E-state index is 0.495. The van der Waals surface area contributed by atoms with Crippen LogP contribution in [0.2, 0.25) is 0 Å². The number of thioether (sulfide) groups is 1. The lowest BCUT2D eigenvalue weighted by Gasteiger charge is -2.63. The van der Waals surface area contributed by atoms with E-state index in [9.17, 15) is 0 Å². The highest BCUT2D eigenvalue weighted by atomic mass is 32.2. The summed E-state index contributed by atoms with van der Waals surface area (Å²) < 4.78 is 0. The van der Waals surface area contributed by atoms with Crippen LogP contribution in [0.3, 0.4) is 0 Å². The number of nitrogens with zero attached hydrogens (tertiary/aromatic N) is 1. The summed E-state index contributed by atoms with van der Waals surface area (Å²) >= 11 is 7.80. The van der Waals surface area contributed by atoms with Crippen LogP contribution >= 0.6 is 24.0 Å². The molecule has 15 heavy (non-hydrogen) atoms. The normalized spacial score (nSPS) is 52.1. The molecule has 3 atom stereocenters. The van der Waals surface area contributed by atoms with Gasteiger partial charge in [-0.15, -0.1) is 11.8 Å². The lowest BCUT2D eigenvalue weighted by molar-refractivity contribution is 0.0933. The van der Waals surface area contributed by atoms with E-state index in [-0.39, 0.29) is 0 Å². The van der Waals surface area contributed by atoms with Gasteiger partial charge in [0.05, 0.1) is 9.86 Å². The van der Waals surface area contributed by atoms with Crippen molar-refractivity contribution in [3.8, 4) is 0 Å². The van der Waals surface area contributed by atoms with Crippen molar-refractivity contribution in [2.24, 2.45) is 5.41 Å². The second-order valence-corrected chi connectivity index (χ2v) is 7.54. The van der Waals surface area contributed by atoms with Crippen molar-refractivity contribution < 1.29 is 0 Å². The van der Waals surface area contributed by atoms with Crippen LogP contribution < -0.4 is 0 Å². The summed E-state index contributed by atoms with van der Waals surface area (Å²) in [6.07, 6.45) is 9.89. The summed E-state index contributed by atoms with van der Waals surface area (Å²) in [5.41, 5.74) is 0.691. The second kappa shape index (κ2) is 2.73. The molecule has 0 amide bonds. The number of hydrogen-bond donors (Lipinski definition) is 0. The maximum absolute atomic E-state index is 5.52. The molecule has 3 aliphatic heterocycles. The predicted octanol–water partition coefficient (Wildman–Crippen LogP) is 3.19. The van der Waals surface area contributed by atoms with E-state index in [2.05, 4.69) is 16.7 Å².